The van der Waals surface area contributed by atoms with E-state index in [1.807, 2.05) is 31.5 Å². The van der Waals surface area contributed by atoms with Crippen LogP contribution in [0.5, 0.6) is 0 Å². The van der Waals surface area contributed by atoms with Gasteiger partial charge in [0, 0.05) is 18.9 Å². The second-order valence-corrected chi connectivity index (χ2v) is 12.4. The van der Waals surface area contributed by atoms with Gasteiger partial charge in [-0.3, -0.25) is 9.59 Å². The number of likely N-dealkylation sites (tertiary alicyclic amines) is 1. The lowest BCUT2D eigenvalue weighted by Gasteiger charge is -2.26. The molecule has 1 atom stereocenters. The molecule has 8 nitrogen and oxygen atoms in total. The average Bonchev–Trinajstić information content (AvgIpc) is 3.52. The van der Waals surface area contributed by atoms with E-state index in [0.29, 0.717) is 13.1 Å². The Balaban J connectivity index is 0.000000467. The van der Waals surface area contributed by atoms with Gasteiger partial charge in [0.1, 0.15) is 11.7 Å². The van der Waals surface area contributed by atoms with Crippen LogP contribution in [-0.2, 0) is 30.3 Å². The molecule has 3 heterocycles. The molecule has 39 heavy (non-hydrogen) atoms. The van der Waals surface area contributed by atoms with Crippen molar-refractivity contribution in [3.63, 3.8) is 0 Å². The van der Waals surface area contributed by atoms with Gasteiger partial charge in [-0.05, 0) is 93.3 Å². The third-order valence-electron chi connectivity index (χ3n) is 6.69. The van der Waals surface area contributed by atoms with E-state index in [1.54, 1.807) is 26.4 Å². The third-order valence-corrected chi connectivity index (χ3v) is 6.69. The van der Waals surface area contributed by atoms with Gasteiger partial charge in [-0.1, -0.05) is 46.0 Å². The molecule has 0 spiro atoms. The number of ketones is 1. The Kier molecular flexibility index (Phi) is 19.2. The molecule has 0 bridgehead atoms. The summed E-state index contributed by atoms with van der Waals surface area (Å²) in [7, 11) is 2.20. The number of carbonyl (C=O) groups is 2. The molecule has 1 unspecified atom stereocenters. The summed E-state index contributed by atoms with van der Waals surface area (Å²) >= 11 is 0. The van der Waals surface area contributed by atoms with Gasteiger partial charge in [-0.15, -0.1) is 0 Å². The van der Waals surface area contributed by atoms with Crippen LogP contribution in [0.25, 0.3) is 0 Å². The van der Waals surface area contributed by atoms with Crippen molar-refractivity contribution >= 4 is 12.3 Å². The predicted molar refractivity (Wildman–Crippen MR) is 159 cm³/mol. The Bertz CT molecular complexity index is 722. The van der Waals surface area contributed by atoms with E-state index in [0.717, 1.165) is 18.4 Å². The first-order chi connectivity index (χ1) is 18.2. The first kappa shape index (κ1) is 37.2. The molecule has 2 aliphatic heterocycles. The van der Waals surface area contributed by atoms with Crippen molar-refractivity contribution in [1.29, 1.82) is 0 Å². The topological polar surface area (TPSA) is 82.9 Å². The van der Waals surface area contributed by atoms with E-state index >= 15 is 0 Å². The molecule has 228 valence electrons. The summed E-state index contributed by atoms with van der Waals surface area (Å²) in [5.74, 6) is 1.47. The zero-order valence-corrected chi connectivity index (χ0v) is 26.7. The summed E-state index contributed by atoms with van der Waals surface area (Å²) in [6.07, 6.45) is 15.4. The lowest BCUT2D eigenvalue weighted by molar-refractivity contribution is -0.150. The molecular formula is C31H59N3O5. The van der Waals surface area contributed by atoms with Gasteiger partial charge < -0.3 is 23.7 Å². The zero-order valence-electron chi connectivity index (χ0n) is 26.7. The molecule has 2 saturated heterocycles. The predicted octanol–water partition coefficient (Wildman–Crippen LogP) is 6.52. The molecular weight excluding hydrogens is 494 g/mol. The summed E-state index contributed by atoms with van der Waals surface area (Å²) in [4.78, 5) is 26.6. The molecule has 3 aliphatic rings. The van der Waals surface area contributed by atoms with Crippen LogP contribution in [0.15, 0.2) is 18.7 Å². The SMILES string of the molecule is CC(=O)C1COC(C)(C)O1.CC(C)(C)OC=O.CC1CCCCC1.CC1CCN(C)CC1.CCn1ccnc1. The fourth-order valence-corrected chi connectivity index (χ4v) is 3.95. The van der Waals surface area contributed by atoms with Gasteiger partial charge in [-0.25, -0.2) is 4.98 Å². The maximum Gasteiger partial charge on any atom is 0.293 e. The Morgan fingerprint density at radius 1 is 1.08 bits per heavy atom. The van der Waals surface area contributed by atoms with Crippen molar-refractivity contribution in [2.24, 2.45) is 11.8 Å². The van der Waals surface area contributed by atoms with Crippen molar-refractivity contribution in [2.75, 3.05) is 26.7 Å². The van der Waals surface area contributed by atoms with E-state index in [4.69, 9.17) is 9.47 Å². The fraction of sp³-hybridized carbons (Fsp3) is 0.839. The number of aromatic nitrogens is 2. The first-order valence-corrected chi connectivity index (χ1v) is 14.8. The Morgan fingerprint density at radius 3 is 1.87 bits per heavy atom. The monoisotopic (exact) mass is 553 g/mol. The van der Waals surface area contributed by atoms with E-state index < -0.39 is 5.79 Å². The van der Waals surface area contributed by atoms with Crippen LogP contribution >= 0.6 is 0 Å². The number of hydrogen-bond donors (Lipinski definition) is 0. The smallest absolute Gasteiger partial charge is 0.293 e. The summed E-state index contributed by atoms with van der Waals surface area (Å²) in [6, 6.07) is 0. The number of ether oxygens (including phenoxy) is 3. The van der Waals surface area contributed by atoms with Gasteiger partial charge in [-0.2, -0.15) is 0 Å². The van der Waals surface area contributed by atoms with Crippen LogP contribution in [0, 0.1) is 11.8 Å². The Hall–Kier alpha value is -1.77. The first-order valence-electron chi connectivity index (χ1n) is 14.8. The van der Waals surface area contributed by atoms with Crippen molar-refractivity contribution in [3.8, 4) is 0 Å². The highest BCUT2D eigenvalue weighted by atomic mass is 16.7. The molecule has 0 N–H and O–H groups in total. The summed E-state index contributed by atoms with van der Waals surface area (Å²) in [5.41, 5.74) is -0.318. The number of nitrogens with zero attached hydrogens (tertiary/aromatic N) is 3. The van der Waals surface area contributed by atoms with Crippen LogP contribution in [0.3, 0.4) is 0 Å². The summed E-state index contributed by atoms with van der Waals surface area (Å²) in [6.45, 7) is 21.8. The van der Waals surface area contributed by atoms with E-state index in [-0.39, 0.29) is 17.5 Å². The number of carbonyl (C=O) groups excluding carboxylic acids is 2. The number of Topliss-reactive ketones (excluding diaryl/α,β-unsaturated/α-hetero) is 1. The number of rotatable bonds is 3. The van der Waals surface area contributed by atoms with Gasteiger partial charge in [0.25, 0.3) is 6.47 Å². The molecule has 8 heteroatoms. The molecule has 0 radical (unpaired) electrons. The van der Waals surface area contributed by atoms with Crippen LogP contribution in [0.4, 0.5) is 0 Å². The lowest BCUT2D eigenvalue weighted by Crippen LogP contribution is -2.28. The van der Waals surface area contributed by atoms with Crippen LogP contribution in [0.2, 0.25) is 0 Å². The van der Waals surface area contributed by atoms with Crippen molar-refractivity contribution in [2.45, 2.75) is 131 Å². The maximum atomic E-state index is 10.7. The standard InChI is InChI=1S/C7H15N.C7H12O3.C7H14.C5H8N2.C5H10O2/c1-7-3-5-8(2)6-4-7;1-5(8)6-4-9-7(2,3)10-6;1-7-5-3-2-4-6-7;1-2-7-4-3-6-5-7;1-5(2,3)7-4-6/h7H,3-6H2,1-2H3;6H,4H2,1-3H3;7H,2-6H2,1H3;3-5H,2H2,1H3;4H,1-3H3. The highest BCUT2D eigenvalue weighted by Crippen LogP contribution is 2.23. The van der Waals surface area contributed by atoms with Gasteiger partial charge in [0.2, 0.25) is 0 Å². The van der Waals surface area contributed by atoms with Gasteiger partial charge >= 0.3 is 0 Å². The minimum Gasteiger partial charge on any atom is -0.462 e. The quantitative estimate of drug-likeness (QED) is 0.394. The third kappa shape index (κ3) is 21.7. The minimum atomic E-state index is -0.573. The normalized spacial score (nSPS) is 21.3. The Labute approximate surface area is 239 Å². The minimum absolute atomic E-state index is 0.0329. The van der Waals surface area contributed by atoms with Crippen molar-refractivity contribution < 1.29 is 23.8 Å². The number of imidazole rings is 1. The molecule has 4 rings (SSSR count). The molecule has 0 aromatic carbocycles. The molecule has 0 amide bonds. The van der Waals surface area contributed by atoms with Crippen LogP contribution < -0.4 is 0 Å². The van der Waals surface area contributed by atoms with Gasteiger partial charge in [0.05, 0.1) is 12.9 Å². The molecule has 3 fully saturated rings. The number of aryl methyl sites for hydroxylation is 1. The largest absolute Gasteiger partial charge is 0.462 e. The molecule has 1 saturated carbocycles. The molecule has 1 aromatic rings. The van der Waals surface area contributed by atoms with Crippen molar-refractivity contribution in [3.05, 3.63) is 18.7 Å². The highest BCUT2D eigenvalue weighted by Gasteiger charge is 2.34. The molecule has 1 aromatic heterocycles. The number of hydrogen-bond acceptors (Lipinski definition) is 7. The van der Waals surface area contributed by atoms with E-state index in [1.165, 1.54) is 65.0 Å². The highest BCUT2D eigenvalue weighted by molar-refractivity contribution is 5.80. The van der Waals surface area contributed by atoms with Crippen LogP contribution in [-0.4, -0.2) is 70.9 Å². The molecule has 1 aliphatic carbocycles. The van der Waals surface area contributed by atoms with Crippen LogP contribution in [0.1, 0.15) is 107 Å². The van der Waals surface area contributed by atoms with Crippen molar-refractivity contribution in [1.82, 2.24) is 14.5 Å². The maximum absolute atomic E-state index is 10.7. The number of piperidine rings is 1. The summed E-state index contributed by atoms with van der Waals surface area (Å²) in [5, 5.41) is 0. The van der Waals surface area contributed by atoms with E-state index in [9.17, 15) is 9.59 Å². The van der Waals surface area contributed by atoms with E-state index in [2.05, 4.69) is 42.4 Å². The average molecular weight is 554 g/mol. The zero-order chi connectivity index (χ0) is 29.9. The lowest BCUT2D eigenvalue weighted by atomic mass is 9.91. The Morgan fingerprint density at radius 2 is 1.64 bits per heavy atom. The fourth-order valence-electron chi connectivity index (χ4n) is 3.95. The summed E-state index contributed by atoms with van der Waals surface area (Å²) < 4.78 is 17.0. The van der Waals surface area contributed by atoms with Gasteiger partial charge in [0.15, 0.2) is 11.6 Å². The second-order valence-electron chi connectivity index (χ2n) is 12.4. The second kappa shape index (κ2) is 20.2.